The van der Waals surface area contributed by atoms with E-state index in [0.29, 0.717) is 18.0 Å². The van der Waals surface area contributed by atoms with E-state index >= 15 is 0 Å². The van der Waals surface area contributed by atoms with Gasteiger partial charge in [0.05, 0.1) is 5.69 Å². The Morgan fingerprint density at radius 1 is 1.32 bits per heavy atom. The van der Waals surface area contributed by atoms with Crippen molar-refractivity contribution >= 4 is 23.2 Å². The third kappa shape index (κ3) is 4.22. The van der Waals surface area contributed by atoms with Gasteiger partial charge in [0.25, 0.3) is 5.91 Å². The maximum absolute atomic E-state index is 12.3. The molecular formula is C18H26N4O3. The fourth-order valence-electron chi connectivity index (χ4n) is 3.09. The lowest BCUT2D eigenvalue weighted by Gasteiger charge is -2.33. The van der Waals surface area contributed by atoms with E-state index in [1.807, 2.05) is 18.2 Å². The lowest BCUT2D eigenvalue weighted by Crippen LogP contribution is -2.46. The van der Waals surface area contributed by atoms with Crippen LogP contribution in [0.4, 0.5) is 11.4 Å². The van der Waals surface area contributed by atoms with Gasteiger partial charge in [-0.25, -0.2) is 0 Å². The molecule has 2 N–H and O–H groups in total. The van der Waals surface area contributed by atoms with E-state index in [2.05, 4.69) is 22.5 Å². The van der Waals surface area contributed by atoms with Gasteiger partial charge < -0.3 is 20.3 Å². The zero-order valence-electron chi connectivity index (χ0n) is 14.7. The molecule has 1 fully saturated rings. The van der Waals surface area contributed by atoms with Crippen LogP contribution in [0.2, 0.25) is 0 Å². The number of nitrogens with one attached hydrogen (secondary N) is 2. The molecule has 0 aromatic heterocycles. The van der Waals surface area contributed by atoms with Crippen LogP contribution in [-0.4, -0.2) is 57.7 Å². The minimum atomic E-state index is -0.185. The van der Waals surface area contributed by atoms with E-state index in [1.165, 1.54) is 4.90 Å². The number of carbonyl (C=O) groups is 2. The summed E-state index contributed by atoms with van der Waals surface area (Å²) in [5.74, 6) is 0.331. The van der Waals surface area contributed by atoms with Crippen molar-refractivity contribution in [2.45, 2.75) is 19.8 Å². The maximum Gasteiger partial charge on any atom is 0.265 e. The Morgan fingerprint density at radius 2 is 2.12 bits per heavy atom. The van der Waals surface area contributed by atoms with Crippen molar-refractivity contribution in [3.8, 4) is 5.75 Å². The second-order valence-electron chi connectivity index (χ2n) is 6.36. The van der Waals surface area contributed by atoms with Gasteiger partial charge in [0, 0.05) is 38.4 Å². The first kappa shape index (κ1) is 17.5. The first-order chi connectivity index (χ1) is 12.2. The van der Waals surface area contributed by atoms with E-state index in [4.69, 9.17) is 4.74 Å². The van der Waals surface area contributed by atoms with Gasteiger partial charge >= 0.3 is 0 Å². The Hall–Kier alpha value is -2.28. The number of amides is 2. The number of benzene rings is 1. The van der Waals surface area contributed by atoms with E-state index < -0.39 is 0 Å². The Balaban J connectivity index is 1.76. The van der Waals surface area contributed by atoms with Crippen LogP contribution >= 0.6 is 0 Å². The largest absolute Gasteiger partial charge is 0.482 e. The number of unbranched alkanes of at least 4 members (excludes halogenated alkanes) is 1. The summed E-state index contributed by atoms with van der Waals surface area (Å²) in [6.07, 6.45) is 1.96. The second-order valence-corrected chi connectivity index (χ2v) is 6.36. The normalized spacial score (nSPS) is 17.1. The fourth-order valence-corrected chi connectivity index (χ4v) is 3.09. The van der Waals surface area contributed by atoms with Crippen molar-refractivity contribution in [2.75, 3.05) is 55.7 Å². The number of anilines is 2. The van der Waals surface area contributed by atoms with Crippen molar-refractivity contribution in [3.05, 3.63) is 18.2 Å². The summed E-state index contributed by atoms with van der Waals surface area (Å²) < 4.78 is 5.53. The Labute approximate surface area is 148 Å². The summed E-state index contributed by atoms with van der Waals surface area (Å²) >= 11 is 0. The van der Waals surface area contributed by atoms with Gasteiger partial charge in [0.2, 0.25) is 5.91 Å². The van der Waals surface area contributed by atoms with Gasteiger partial charge in [0.15, 0.2) is 6.61 Å². The van der Waals surface area contributed by atoms with Crippen molar-refractivity contribution in [1.29, 1.82) is 0 Å². The van der Waals surface area contributed by atoms with Crippen LogP contribution in [0, 0.1) is 0 Å². The number of rotatable bonds is 6. The monoisotopic (exact) mass is 346 g/mol. The number of hydrogen-bond donors (Lipinski definition) is 2. The topological polar surface area (TPSA) is 73.9 Å². The zero-order chi connectivity index (χ0) is 17.6. The van der Waals surface area contributed by atoms with Gasteiger partial charge in [-0.2, -0.15) is 0 Å². The van der Waals surface area contributed by atoms with Crippen molar-refractivity contribution < 1.29 is 14.3 Å². The first-order valence-corrected chi connectivity index (χ1v) is 8.98. The maximum atomic E-state index is 12.3. The number of carbonyl (C=O) groups excluding carboxylic acids is 2. The van der Waals surface area contributed by atoms with Gasteiger partial charge in [0.1, 0.15) is 12.3 Å². The van der Waals surface area contributed by atoms with Crippen LogP contribution in [0.15, 0.2) is 18.2 Å². The number of fused-ring (bicyclic) bond motifs is 1. The summed E-state index contributed by atoms with van der Waals surface area (Å²) in [4.78, 5) is 28.3. The van der Waals surface area contributed by atoms with Crippen LogP contribution < -0.4 is 25.2 Å². The lowest BCUT2D eigenvalue weighted by atomic mass is 10.1. The Kier molecular flexibility index (Phi) is 5.75. The second kappa shape index (κ2) is 8.20. The highest BCUT2D eigenvalue weighted by molar-refractivity contribution is 6.02. The van der Waals surface area contributed by atoms with Crippen LogP contribution in [0.3, 0.4) is 0 Å². The van der Waals surface area contributed by atoms with E-state index in [0.717, 1.165) is 44.7 Å². The van der Waals surface area contributed by atoms with Crippen LogP contribution in [0.1, 0.15) is 19.8 Å². The number of nitrogens with zero attached hydrogens (tertiary/aromatic N) is 2. The molecule has 0 aliphatic carbocycles. The summed E-state index contributed by atoms with van der Waals surface area (Å²) in [6, 6.07) is 5.86. The highest BCUT2D eigenvalue weighted by Crippen LogP contribution is 2.35. The van der Waals surface area contributed by atoms with Crippen LogP contribution in [0.25, 0.3) is 0 Å². The molecule has 1 aromatic rings. The number of hydrogen-bond acceptors (Lipinski definition) is 5. The average Bonchev–Trinajstić information content (AvgIpc) is 2.65. The molecule has 2 amide bonds. The fraction of sp³-hybridized carbons (Fsp3) is 0.556. The van der Waals surface area contributed by atoms with E-state index in [9.17, 15) is 9.59 Å². The predicted octanol–water partition coefficient (Wildman–Crippen LogP) is 0.738. The molecule has 1 saturated heterocycles. The SMILES string of the molecule is CCCCNC(=O)CN1C(=O)COc2ccc(N3CCNCC3)cc21. The first-order valence-electron chi connectivity index (χ1n) is 8.98. The number of piperazine rings is 1. The van der Waals surface area contributed by atoms with Crippen LogP contribution in [0.5, 0.6) is 5.75 Å². The molecule has 0 saturated carbocycles. The molecule has 25 heavy (non-hydrogen) atoms. The molecule has 2 heterocycles. The molecule has 0 radical (unpaired) electrons. The van der Waals surface area contributed by atoms with Crippen molar-refractivity contribution in [2.24, 2.45) is 0 Å². The van der Waals surface area contributed by atoms with Crippen LogP contribution in [-0.2, 0) is 9.59 Å². The molecule has 1 aromatic carbocycles. The third-order valence-corrected chi connectivity index (χ3v) is 4.52. The summed E-state index contributed by atoms with van der Waals surface area (Å²) in [5.41, 5.74) is 1.73. The minimum Gasteiger partial charge on any atom is -0.482 e. The summed E-state index contributed by atoms with van der Waals surface area (Å²) in [7, 11) is 0. The quantitative estimate of drug-likeness (QED) is 0.743. The van der Waals surface area contributed by atoms with Gasteiger partial charge in [-0.05, 0) is 24.6 Å². The third-order valence-electron chi connectivity index (χ3n) is 4.52. The van der Waals surface area contributed by atoms with Crippen molar-refractivity contribution in [1.82, 2.24) is 10.6 Å². The molecule has 0 spiro atoms. The molecule has 2 aliphatic rings. The summed E-state index contributed by atoms with van der Waals surface area (Å²) in [5, 5.41) is 6.20. The van der Waals surface area contributed by atoms with E-state index in [-0.39, 0.29) is 25.0 Å². The standard InChI is InChI=1S/C18H26N4O3/c1-2-3-6-20-17(23)12-22-15-11-14(21-9-7-19-8-10-21)4-5-16(15)25-13-18(22)24/h4-5,11,19H,2-3,6-10,12-13H2,1H3,(H,20,23). The van der Waals surface area contributed by atoms with E-state index in [1.54, 1.807) is 0 Å². The number of ether oxygens (including phenoxy) is 1. The zero-order valence-corrected chi connectivity index (χ0v) is 14.7. The minimum absolute atomic E-state index is 0.0256. The van der Waals surface area contributed by atoms with Gasteiger partial charge in [-0.3, -0.25) is 14.5 Å². The molecule has 2 aliphatic heterocycles. The van der Waals surface area contributed by atoms with Gasteiger partial charge in [-0.15, -0.1) is 0 Å². The Morgan fingerprint density at radius 3 is 2.88 bits per heavy atom. The highest BCUT2D eigenvalue weighted by Gasteiger charge is 2.28. The van der Waals surface area contributed by atoms with Crippen molar-refractivity contribution in [3.63, 3.8) is 0 Å². The molecule has 0 unspecified atom stereocenters. The molecule has 7 nitrogen and oxygen atoms in total. The smallest absolute Gasteiger partial charge is 0.265 e. The predicted molar refractivity (Wildman–Crippen MR) is 97.3 cm³/mol. The highest BCUT2D eigenvalue weighted by atomic mass is 16.5. The lowest BCUT2D eigenvalue weighted by molar-refractivity contribution is -0.125. The Bertz CT molecular complexity index is 629. The molecule has 0 bridgehead atoms. The molecule has 3 rings (SSSR count). The molecule has 7 heteroatoms. The van der Waals surface area contributed by atoms with Gasteiger partial charge in [-0.1, -0.05) is 13.3 Å². The molecule has 0 atom stereocenters. The molecule has 136 valence electrons. The molecular weight excluding hydrogens is 320 g/mol. The average molecular weight is 346 g/mol. The summed E-state index contributed by atoms with van der Waals surface area (Å²) in [6.45, 7) is 6.45.